The molecule has 0 bridgehead atoms. The standard InChI is InChI=1S/C21H30O/c1-4-14-6-8-18-17-7-5-15-13-16(22)9-11-21(15,3)19(17)10-12-20(14,18)2/h6,13,17-19H,4-5,7-12H2,1-3H3/t17-,18-,19-,20+,21-/m0/s1. The smallest absolute Gasteiger partial charge is 0.155 e. The summed E-state index contributed by atoms with van der Waals surface area (Å²) >= 11 is 0. The Balaban J connectivity index is 1.67. The van der Waals surface area contributed by atoms with Gasteiger partial charge in [-0.15, -0.1) is 0 Å². The molecule has 0 aromatic heterocycles. The third-order valence-electron chi connectivity index (χ3n) is 8.08. The van der Waals surface area contributed by atoms with Gasteiger partial charge < -0.3 is 0 Å². The summed E-state index contributed by atoms with van der Waals surface area (Å²) in [6, 6.07) is 0. The predicted octanol–water partition coefficient (Wildman–Crippen LogP) is 5.46. The van der Waals surface area contributed by atoms with Gasteiger partial charge in [-0.2, -0.15) is 0 Å². The molecule has 0 aromatic carbocycles. The van der Waals surface area contributed by atoms with E-state index in [0.29, 0.717) is 16.6 Å². The fourth-order valence-electron chi connectivity index (χ4n) is 6.76. The zero-order chi connectivity index (χ0) is 15.5. The van der Waals surface area contributed by atoms with Crippen molar-refractivity contribution in [1.29, 1.82) is 0 Å². The van der Waals surface area contributed by atoms with Crippen molar-refractivity contribution in [1.82, 2.24) is 0 Å². The molecule has 4 aliphatic carbocycles. The minimum absolute atomic E-state index is 0.327. The van der Waals surface area contributed by atoms with Gasteiger partial charge in [-0.25, -0.2) is 0 Å². The molecule has 4 rings (SSSR count). The Hall–Kier alpha value is -0.850. The number of fused-ring (bicyclic) bond motifs is 5. The van der Waals surface area contributed by atoms with Gasteiger partial charge in [0, 0.05) is 6.42 Å². The lowest BCUT2D eigenvalue weighted by Crippen LogP contribution is -2.50. The summed E-state index contributed by atoms with van der Waals surface area (Å²) in [6.07, 6.45) is 14.3. The quantitative estimate of drug-likeness (QED) is 0.587. The van der Waals surface area contributed by atoms with Crippen molar-refractivity contribution in [2.24, 2.45) is 28.6 Å². The van der Waals surface area contributed by atoms with E-state index in [2.05, 4.69) is 26.8 Å². The van der Waals surface area contributed by atoms with Gasteiger partial charge in [0.15, 0.2) is 5.78 Å². The largest absolute Gasteiger partial charge is 0.295 e. The maximum absolute atomic E-state index is 11.9. The van der Waals surface area contributed by atoms with E-state index in [1.54, 1.807) is 5.57 Å². The molecular formula is C21H30O. The van der Waals surface area contributed by atoms with Crippen LogP contribution in [0.2, 0.25) is 0 Å². The summed E-state index contributed by atoms with van der Waals surface area (Å²) in [5, 5.41) is 0. The molecule has 0 radical (unpaired) electrons. The molecule has 0 N–H and O–H groups in total. The minimum Gasteiger partial charge on any atom is -0.295 e. The fourth-order valence-corrected chi connectivity index (χ4v) is 6.76. The lowest BCUT2D eigenvalue weighted by Gasteiger charge is -2.58. The highest BCUT2D eigenvalue weighted by molar-refractivity contribution is 5.91. The first-order chi connectivity index (χ1) is 10.5. The van der Waals surface area contributed by atoms with Gasteiger partial charge in [0.1, 0.15) is 0 Å². The molecule has 2 saturated carbocycles. The Morgan fingerprint density at radius 2 is 1.91 bits per heavy atom. The average Bonchev–Trinajstić information content (AvgIpc) is 2.84. The zero-order valence-electron chi connectivity index (χ0n) is 14.5. The van der Waals surface area contributed by atoms with Crippen LogP contribution in [-0.2, 0) is 4.79 Å². The number of rotatable bonds is 1. The van der Waals surface area contributed by atoms with E-state index in [1.807, 2.05) is 6.08 Å². The Morgan fingerprint density at radius 1 is 1.09 bits per heavy atom. The molecular weight excluding hydrogens is 268 g/mol. The topological polar surface area (TPSA) is 17.1 Å². The second-order valence-corrected chi connectivity index (χ2v) is 8.74. The van der Waals surface area contributed by atoms with Crippen LogP contribution in [0.25, 0.3) is 0 Å². The van der Waals surface area contributed by atoms with Crippen LogP contribution in [-0.4, -0.2) is 5.78 Å². The van der Waals surface area contributed by atoms with E-state index in [1.165, 1.54) is 44.1 Å². The van der Waals surface area contributed by atoms with Crippen LogP contribution < -0.4 is 0 Å². The Kier molecular flexibility index (Phi) is 3.23. The van der Waals surface area contributed by atoms with Crippen molar-refractivity contribution in [2.45, 2.75) is 72.1 Å². The van der Waals surface area contributed by atoms with Crippen LogP contribution in [0.5, 0.6) is 0 Å². The lowest BCUT2D eigenvalue weighted by molar-refractivity contribution is -0.117. The second kappa shape index (κ2) is 4.82. The molecule has 4 aliphatic rings. The van der Waals surface area contributed by atoms with E-state index in [9.17, 15) is 4.79 Å². The van der Waals surface area contributed by atoms with Crippen LogP contribution >= 0.6 is 0 Å². The van der Waals surface area contributed by atoms with E-state index in [4.69, 9.17) is 0 Å². The molecule has 1 nitrogen and oxygen atoms in total. The number of ketones is 1. The first kappa shape index (κ1) is 14.7. The van der Waals surface area contributed by atoms with Crippen molar-refractivity contribution in [3.8, 4) is 0 Å². The van der Waals surface area contributed by atoms with Crippen LogP contribution in [0, 0.1) is 28.6 Å². The molecule has 0 unspecified atom stereocenters. The van der Waals surface area contributed by atoms with E-state index in [-0.39, 0.29) is 0 Å². The Morgan fingerprint density at radius 3 is 2.68 bits per heavy atom. The SMILES string of the molecule is CCC1=CC[C@H]2[C@@H]3CCC4=CC(=O)CC[C@]4(C)[C@H]3CC[C@]12C. The average molecular weight is 298 g/mol. The summed E-state index contributed by atoms with van der Waals surface area (Å²) < 4.78 is 0. The molecule has 0 aromatic rings. The monoisotopic (exact) mass is 298 g/mol. The maximum Gasteiger partial charge on any atom is 0.155 e. The van der Waals surface area contributed by atoms with Gasteiger partial charge >= 0.3 is 0 Å². The van der Waals surface area contributed by atoms with E-state index >= 15 is 0 Å². The first-order valence-electron chi connectivity index (χ1n) is 9.42. The molecule has 0 amide bonds. The fraction of sp³-hybridized carbons (Fsp3) is 0.762. The van der Waals surface area contributed by atoms with Crippen LogP contribution in [0.3, 0.4) is 0 Å². The van der Waals surface area contributed by atoms with Gasteiger partial charge in [-0.1, -0.05) is 38.0 Å². The minimum atomic E-state index is 0.327. The summed E-state index contributed by atoms with van der Waals surface area (Å²) in [5.74, 6) is 2.96. The predicted molar refractivity (Wildman–Crippen MR) is 90.5 cm³/mol. The Labute approximate surface area is 135 Å². The van der Waals surface area contributed by atoms with E-state index in [0.717, 1.165) is 30.6 Å². The highest BCUT2D eigenvalue weighted by atomic mass is 16.1. The first-order valence-corrected chi connectivity index (χ1v) is 9.42. The maximum atomic E-state index is 11.9. The number of carbonyl (C=O) groups excluding carboxylic acids is 1. The second-order valence-electron chi connectivity index (χ2n) is 8.74. The van der Waals surface area contributed by atoms with Crippen molar-refractivity contribution in [3.05, 3.63) is 23.3 Å². The van der Waals surface area contributed by atoms with Gasteiger partial charge in [0.2, 0.25) is 0 Å². The third-order valence-corrected chi connectivity index (χ3v) is 8.08. The highest BCUT2D eigenvalue weighted by Crippen LogP contribution is 2.65. The van der Waals surface area contributed by atoms with Gasteiger partial charge in [-0.05, 0) is 79.6 Å². The third kappa shape index (κ3) is 1.80. The normalized spacial score (nSPS) is 47.2. The van der Waals surface area contributed by atoms with Crippen molar-refractivity contribution < 1.29 is 4.79 Å². The van der Waals surface area contributed by atoms with E-state index < -0.39 is 0 Å². The molecule has 22 heavy (non-hydrogen) atoms. The Bertz CT molecular complexity index is 568. The summed E-state index contributed by atoms with van der Waals surface area (Å²) in [4.78, 5) is 11.9. The van der Waals surface area contributed by atoms with Crippen LogP contribution in [0.1, 0.15) is 72.1 Å². The van der Waals surface area contributed by atoms with Crippen LogP contribution in [0.4, 0.5) is 0 Å². The molecule has 1 heteroatoms. The summed E-state index contributed by atoms with van der Waals surface area (Å²) in [6.45, 7) is 7.36. The van der Waals surface area contributed by atoms with Gasteiger partial charge in [-0.3, -0.25) is 4.79 Å². The highest BCUT2D eigenvalue weighted by Gasteiger charge is 2.56. The summed E-state index contributed by atoms with van der Waals surface area (Å²) in [5.41, 5.74) is 4.04. The van der Waals surface area contributed by atoms with Crippen molar-refractivity contribution in [2.75, 3.05) is 0 Å². The van der Waals surface area contributed by atoms with Crippen LogP contribution in [0.15, 0.2) is 23.3 Å². The molecule has 0 aliphatic heterocycles. The molecule has 120 valence electrons. The number of allylic oxidation sites excluding steroid dienone is 4. The number of hydrogen-bond donors (Lipinski definition) is 0. The zero-order valence-corrected chi connectivity index (χ0v) is 14.5. The molecule has 0 spiro atoms. The van der Waals surface area contributed by atoms with Crippen molar-refractivity contribution >= 4 is 5.78 Å². The molecule has 0 heterocycles. The molecule has 2 fully saturated rings. The van der Waals surface area contributed by atoms with Gasteiger partial charge in [0.25, 0.3) is 0 Å². The summed E-state index contributed by atoms with van der Waals surface area (Å²) in [7, 11) is 0. The molecule has 0 saturated heterocycles. The van der Waals surface area contributed by atoms with Gasteiger partial charge in [0.05, 0.1) is 0 Å². The lowest BCUT2D eigenvalue weighted by atomic mass is 9.47. The number of hydrogen-bond acceptors (Lipinski definition) is 1. The van der Waals surface area contributed by atoms with Crippen molar-refractivity contribution in [3.63, 3.8) is 0 Å². The molecule has 5 atom stereocenters. The number of carbonyl (C=O) groups is 1.